The molecule has 0 radical (unpaired) electrons. The Balaban J connectivity index is 2.41. The number of hydrazone groups is 1. The lowest BCUT2D eigenvalue weighted by Crippen LogP contribution is -2.31. The van der Waals surface area contributed by atoms with Crippen LogP contribution in [0.2, 0.25) is 0 Å². The summed E-state index contributed by atoms with van der Waals surface area (Å²) in [5, 5.41) is 30.3. The van der Waals surface area contributed by atoms with Gasteiger partial charge in [0.05, 0.1) is 24.7 Å². The maximum atomic E-state index is 12.9. The molecule has 0 saturated heterocycles. The lowest BCUT2D eigenvalue weighted by Gasteiger charge is -2.16. The molecule has 0 saturated carbocycles. The number of hydrogen-bond donors (Lipinski definition) is 4. The van der Waals surface area contributed by atoms with E-state index in [1.165, 1.54) is 23.0 Å². The maximum absolute atomic E-state index is 12.9. The van der Waals surface area contributed by atoms with Crippen molar-refractivity contribution >= 4 is 33.6 Å². The fourth-order valence-electron chi connectivity index (χ4n) is 2.40. The topological polar surface area (TPSA) is 133 Å². The molecule has 1 aliphatic heterocycles. The number of fused-ring (bicyclic) bond motifs is 1. The standard InChI is InChI=1S/C18H23N7O2S/c1-11(5-6-21-3)7-16-23-24(4)17-13(12(2)28-16)9-22-25(18(17)27)10-14(20)15(26)8-19/h5-6,8-9,19,21,26H,1-2,7,10,20H2,3-4H3/b6-5-,15-14?,19-8?. The zero-order valence-electron chi connectivity index (χ0n) is 15.8. The molecule has 2 rings (SSSR count). The molecule has 9 nitrogen and oxygen atoms in total. The average Bonchev–Trinajstić information content (AvgIpc) is 2.77. The number of aliphatic hydroxyl groups excluding tert-OH is 1. The number of thioether (sulfide) groups is 1. The van der Waals surface area contributed by atoms with Crippen LogP contribution in [0.5, 0.6) is 0 Å². The molecule has 10 heteroatoms. The number of aromatic nitrogens is 2. The minimum absolute atomic E-state index is 0.0363. The van der Waals surface area contributed by atoms with Gasteiger partial charge in [-0.1, -0.05) is 24.9 Å². The second kappa shape index (κ2) is 9.09. The zero-order chi connectivity index (χ0) is 20.8. The van der Waals surface area contributed by atoms with Gasteiger partial charge >= 0.3 is 0 Å². The molecule has 0 aliphatic carbocycles. The van der Waals surface area contributed by atoms with Crippen molar-refractivity contribution in [3.63, 3.8) is 0 Å². The quantitative estimate of drug-likeness (QED) is 0.311. The van der Waals surface area contributed by atoms with Crippen molar-refractivity contribution in [3.8, 4) is 0 Å². The highest BCUT2D eigenvalue weighted by Gasteiger charge is 2.23. The van der Waals surface area contributed by atoms with Crippen LogP contribution in [0.25, 0.3) is 4.91 Å². The van der Waals surface area contributed by atoms with E-state index >= 15 is 0 Å². The molecule has 0 unspecified atom stereocenters. The summed E-state index contributed by atoms with van der Waals surface area (Å²) in [5.41, 5.74) is 6.97. The summed E-state index contributed by atoms with van der Waals surface area (Å²) >= 11 is 1.36. The molecule has 148 valence electrons. The second-order valence-electron chi connectivity index (χ2n) is 5.92. The van der Waals surface area contributed by atoms with Gasteiger partial charge in [0.25, 0.3) is 5.56 Å². The first-order valence-corrected chi connectivity index (χ1v) is 9.08. The van der Waals surface area contributed by atoms with Crippen molar-refractivity contribution in [1.82, 2.24) is 15.1 Å². The van der Waals surface area contributed by atoms with E-state index < -0.39 is 11.3 Å². The largest absolute Gasteiger partial charge is 0.505 e. The highest BCUT2D eigenvalue weighted by molar-refractivity contribution is 8.21. The number of allylic oxidation sites excluding steroid dienone is 4. The fourth-order valence-corrected chi connectivity index (χ4v) is 3.37. The summed E-state index contributed by atoms with van der Waals surface area (Å²) in [7, 11) is 3.47. The number of hydrogen-bond acceptors (Lipinski definition) is 9. The van der Waals surface area contributed by atoms with Crippen LogP contribution in [0, 0.1) is 5.41 Å². The molecular formula is C18H23N7O2S. The van der Waals surface area contributed by atoms with Crippen molar-refractivity contribution in [3.05, 3.63) is 64.6 Å². The number of anilines is 1. The Kier molecular flexibility index (Phi) is 6.83. The summed E-state index contributed by atoms with van der Waals surface area (Å²) in [6.07, 6.45) is 6.36. The van der Waals surface area contributed by atoms with Crippen molar-refractivity contribution in [2.75, 3.05) is 19.1 Å². The fraction of sp³-hybridized carbons (Fsp3) is 0.222. The highest BCUT2D eigenvalue weighted by Crippen LogP contribution is 2.36. The van der Waals surface area contributed by atoms with E-state index in [2.05, 4.69) is 28.7 Å². The molecule has 0 fully saturated rings. The Morgan fingerprint density at radius 2 is 2.25 bits per heavy atom. The third-order valence-corrected chi connectivity index (χ3v) is 4.72. The van der Waals surface area contributed by atoms with Gasteiger partial charge in [-0.3, -0.25) is 9.80 Å². The van der Waals surface area contributed by atoms with Crippen LogP contribution < -0.4 is 21.6 Å². The van der Waals surface area contributed by atoms with Gasteiger partial charge in [0, 0.05) is 31.0 Å². The third kappa shape index (κ3) is 4.71. The highest BCUT2D eigenvalue weighted by atomic mass is 32.2. The Hall–Kier alpha value is -3.27. The third-order valence-electron chi connectivity index (χ3n) is 3.79. The van der Waals surface area contributed by atoms with Gasteiger partial charge < -0.3 is 21.6 Å². The van der Waals surface area contributed by atoms with Crippen molar-refractivity contribution < 1.29 is 5.11 Å². The second-order valence-corrected chi connectivity index (χ2v) is 7.09. The number of nitrogens with two attached hydrogens (primary N) is 1. The van der Waals surface area contributed by atoms with Gasteiger partial charge in [0.2, 0.25) is 0 Å². The van der Waals surface area contributed by atoms with Gasteiger partial charge in [-0.2, -0.15) is 10.2 Å². The van der Waals surface area contributed by atoms with Crippen LogP contribution in [0.15, 0.2) is 58.6 Å². The molecule has 1 aromatic heterocycles. The summed E-state index contributed by atoms with van der Waals surface area (Å²) in [4.78, 5) is 13.6. The van der Waals surface area contributed by atoms with Gasteiger partial charge in [-0.05, 0) is 17.8 Å². The minimum Gasteiger partial charge on any atom is -0.505 e. The van der Waals surface area contributed by atoms with Gasteiger partial charge in [0.15, 0.2) is 5.76 Å². The molecular weight excluding hydrogens is 378 g/mol. The van der Waals surface area contributed by atoms with Crippen LogP contribution >= 0.6 is 11.8 Å². The van der Waals surface area contributed by atoms with Gasteiger partial charge in [0.1, 0.15) is 10.7 Å². The number of nitrogens with one attached hydrogen (secondary N) is 2. The number of nitrogens with zero attached hydrogens (tertiary/aromatic N) is 4. The Morgan fingerprint density at radius 1 is 1.54 bits per heavy atom. The molecule has 0 aromatic carbocycles. The normalized spacial score (nSPS) is 14.9. The molecule has 0 bridgehead atoms. The summed E-state index contributed by atoms with van der Waals surface area (Å²) in [6.45, 7) is 7.89. The minimum atomic E-state index is -0.429. The van der Waals surface area contributed by atoms with E-state index in [4.69, 9.17) is 11.1 Å². The van der Waals surface area contributed by atoms with E-state index in [0.29, 0.717) is 28.8 Å². The molecule has 0 amide bonds. The zero-order valence-corrected chi connectivity index (χ0v) is 16.6. The predicted octanol–water partition coefficient (Wildman–Crippen LogP) is 1.77. The monoisotopic (exact) mass is 401 g/mol. The van der Waals surface area contributed by atoms with Gasteiger partial charge in [-0.15, -0.1) is 0 Å². The molecule has 2 heterocycles. The van der Waals surface area contributed by atoms with Crippen molar-refractivity contribution in [2.24, 2.45) is 10.8 Å². The first kappa shape index (κ1) is 21.0. The number of rotatable bonds is 7. The van der Waals surface area contributed by atoms with Crippen molar-refractivity contribution in [2.45, 2.75) is 13.0 Å². The summed E-state index contributed by atoms with van der Waals surface area (Å²) in [6, 6.07) is 0. The van der Waals surface area contributed by atoms with E-state index in [9.17, 15) is 9.90 Å². The number of aliphatic hydroxyl groups is 1. The van der Waals surface area contributed by atoms with Crippen LogP contribution in [0.4, 0.5) is 5.69 Å². The van der Waals surface area contributed by atoms with Crippen LogP contribution in [-0.2, 0) is 6.54 Å². The molecule has 1 aromatic rings. The van der Waals surface area contributed by atoms with Crippen molar-refractivity contribution in [1.29, 1.82) is 5.41 Å². The first-order valence-electron chi connectivity index (χ1n) is 8.26. The predicted molar refractivity (Wildman–Crippen MR) is 116 cm³/mol. The van der Waals surface area contributed by atoms with E-state index in [1.54, 1.807) is 20.3 Å². The van der Waals surface area contributed by atoms with Crippen LogP contribution in [0.1, 0.15) is 12.0 Å². The van der Waals surface area contributed by atoms with Crippen LogP contribution in [-0.4, -0.2) is 40.2 Å². The van der Waals surface area contributed by atoms with Gasteiger partial charge in [-0.25, -0.2) is 4.68 Å². The molecule has 0 spiro atoms. The average molecular weight is 401 g/mol. The molecule has 1 aliphatic rings. The summed E-state index contributed by atoms with van der Waals surface area (Å²) < 4.78 is 1.11. The van der Waals surface area contributed by atoms with E-state index in [1.807, 2.05) is 6.08 Å². The molecule has 0 atom stereocenters. The van der Waals surface area contributed by atoms with E-state index in [0.717, 1.165) is 15.3 Å². The lowest BCUT2D eigenvalue weighted by atomic mass is 10.2. The first-order chi connectivity index (χ1) is 13.3. The Bertz CT molecular complexity index is 959. The Labute approximate surface area is 167 Å². The SMILES string of the molecule is C=C(/C=C\NC)CC1=NN(C)c2c(cnn(CC(N)=C(O)C=N)c2=O)C(=C)S1. The Morgan fingerprint density at radius 3 is 2.89 bits per heavy atom. The van der Waals surface area contributed by atoms with Crippen LogP contribution in [0.3, 0.4) is 0 Å². The lowest BCUT2D eigenvalue weighted by molar-refractivity contribution is 0.430. The maximum Gasteiger partial charge on any atom is 0.293 e. The molecule has 5 N–H and O–H groups in total. The summed E-state index contributed by atoms with van der Waals surface area (Å²) in [5.74, 6) is -0.412. The smallest absolute Gasteiger partial charge is 0.293 e. The molecule has 28 heavy (non-hydrogen) atoms. The van der Waals surface area contributed by atoms with E-state index in [-0.39, 0.29) is 12.2 Å².